The normalized spacial score (nSPS) is 12.6. The standard InChI is InChI=1S/C9H13NO4S2/c1-15(11,12)7-6-8-2-4-9(5-3-8)16(10,13)14/h2-5H,6-7H2,1H3,(H2,10,13,14). The maximum atomic E-state index is 10.9. The van der Waals surface area contributed by atoms with Crippen molar-refractivity contribution in [1.29, 1.82) is 0 Å². The summed E-state index contributed by atoms with van der Waals surface area (Å²) >= 11 is 0. The molecule has 1 rings (SSSR count). The van der Waals surface area contributed by atoms with Gasteiger partial charge in [-0.2, -0.15) is 0 Å². The number of sulfone groups is 1. The lowest BCUT2D eigenvalue weighted by Gasteiger charge is -2.02. The molecule has 0 bridgehead atoms. The molecular formula is C9H13NO4S2. The number of benzene rings is 1. The van der Waals surface area contributed by atoms with E-state index in [9.17, 15) is 16.8 Å². The molecule has 0 unspecified atom stereocenters. The zero-order valence-electron chi connectivity index (χ0n) is 8.75. The van der Waals surface area contributed by atoms with Gasteiger partial charge in [-0.25, -0.2) is 22.0 Å². The zero-order valence-corrected chi connectivity index (χ0v) is 10.4. The van der Waals surface area contributed by atoms with Gasteiger partial charge in [-0.3, -0.25) is 0 Å². The van der Waals surface area contributed by atoms with Crippen LogP contribution in [-0.2, 0) is 26.3 Å². The fraction of sp³-hybridized carbons (Fsp3) is 0.333. The van der Waals surface area contributed by atoms with Gasteiger partial charge in [0, 0.05) is 6.26 Å². The van der Waals surface area contributed by atoms with Gasteiger partial charge in [-0.15, -0.1) is 0 Å². The average Bonchev–Trinajstić information content (AvgIpc) is 2.13. The number of primary sulfonamides is 1. The van der Waals surface area contributed by atoms with E-state index >= 15 is 0 Å². The molecule has 0 amide bonds. The van der Waals surface area contributed by atoms with E-state index in [2.05, 4.69) is 0 Å². The van der Waals surface area contributed by atoms with Crippen LogP contribution in [0, 0.1) is 0 Å². The van der Waals surface area contributed by atoms with Crippen molar-refractivity contribution in [2.75, 3.05) is 12.0 Å². The largest absolute Gasteiger partial charge is 0.238 e. The van der Waals surface area contributed by atoms with Crippen molar-refractivity contribution in [1.82, 2.24) is 0 Å². The highest BCUT2D eigenvalue weighted by Crippen LogP contribution is 2.09. The first-order valence-electron chi connectivity index (χ1n) is 4.48. The molecular weight excluding hydrogens is 250 g/mol. The summed E-state index contributed by atoms with van der Waals surface area (Å²) in [6.07, 6.45) is 1.52. The minimum absolute atomic E-state index is 0.0237. The van der Waals surface area contributed by atoms with Gasteiger partial charge in [-0.05, 0) is 24.1 Å². The monoisotopic (exact) mass is 263 g/mol. The Morgan fingerprint density at radius 1 is 1.06 bits per heavy atom. The fourth-order valence-electron chi connectivity index (χ4n) is 1.15. The molecule has 0 atom stereocenters. The van der Waals surface area contributed by atoms with Crippen molar-refractivity contribution >= 4 is 19.9 Å². The average molecular weight is 263 g/mol. The van der Waals surface area contributed by atoms with Crippen LogP contribution in [0.3, 0.4) is 0 Å². The Hall–Kier alpha value is -0.920. The smallest absolute Gasteiger partial charge is 0.229 e. The molecule has 0 spiro atoms. The van der Waals surface area contributed by atoms with Crippen LogP contribution in [-0.4, -0.2) is 28.8 Å². The molecule has 0 saturated carbocycles. The van der Waals surface area contributed by atoms with Gasteiger partial charge in [0.25, 0.3) is 0 Å². The molecule has 0 aliphatic carbocycles. The summed E-state index contributed by atoms with van der Waals surface area (Å²) in [5, 5.41) is 4.93. The van der Waals surface area contributed by atoms with E-state index in [4.69, 9.17) is 5.14 Å². The molecule has 0 aliphatic rings. The van der Waals surface area contributed by atoms with Crippen LogP contribution in [0.4, 0.5) is 0 Å². The summed E-state index contributed by atoms with van der Waals surface area (Å²) in [4.78, 5) is 0.0237. The zero-order chi connectivity index (χ0) is 12.4. The third-order valence-electron chi connectivity index (χ3n) is 2.01. The number of rotatable bonds is 4. The summed E-state index contributed by atoms with van der Waals surface area (Å²) in [7, 11) is -6.68. The second kappa shape index (κ2) is 4.52. The molecule has 1 aromatic rings. The van der Waals surface area contributed by atoms with Gasteiger partial charge < -0.3 is 0 Å². The maximum absolute atomic E-state index is 10.9. The van der Waals surface area contributed by atoms with E-state index < -0.39 is 19.9 Å². The molecule has 16 heavy (non-hydrogen) atoms. The van der Waals surface area contributed by atoms with Crippen molar-refractivity contribution in [3.05, 3.63) is 29.8 Å². The number of nitrogens with two attached hydrogens (primary N) is 1. The summed E-state index contributed by atoms with van der Waals surface area (Å²) in [5.41, 5.74) is 0.762. The Bertz CT molecular complexity index is 558. The van der Waals surface area contributed by atoms with Crippen LogP contribution in [0.1, 0.15) is 5.56 Å². The molecule has 5 nitrogen and oxygen atoms in total. The SMILES string of the molecule is CS(=O)(=O)CCc1ccc(S(N)(=O)=O)cc1. The molecule has 0 aromatic heterocycles. The van der Waals surface area contributed by atoms with E-state index in [1.165, 1.54) is 12.1 Å². The Morgan fingerprint density at radius 2 is 1.56 bits per heavy atom. The van der Waals surface area contributed by atoms with Crippen LogP contribution in [0.15, 0.2) is 29.2 Å². The highest BCUT2D eigenvalue weighted by molar-refractivity contribution is 7.90. The Morgan fingerprint density at radius 3 is 1.94 bits per heavy atom. The first-order chi connectivity index (χ1) is 7.18. The van der Waals surface area contributed by atoms with Gasteiger partial charge in [0.2, 0.25) is 10.0 Å². The summed E-state index contributed by atoms with van der Waals surface area (Å²) in [6, 6.07) is 5.86. The van der Waals surface area contributed by atoms with E-state index in [1.54, 1.807) is 12.1 Å². The fourth-order valence-corrected chi connectivity index (χ4v) is 2.27. The van der Waals surface area contributed by atoms with Gasteiger partial charge in [-0.1, -0.05) is 12.1 Å². The highest BCUT2D eigenvalue weighted by atomic mass is 32.2. The predicted molar refractivity (Wildman–Crippen MR) is 61.2 cm³/mol. The van der Waals surface area contributed by atoms with Crippen molar-refractivity contribution < 1.29 is 16.8 Å². The van der Waals surface area contributed by atoms with Crippen molar-refractivity contribution in [3.8, 4) is 0 Å². The molecule has 1 aromatic carbocycles. The van der Waals surface area contributed by atoms with Gasteiger partial charge >= 0.3 is 0 Å². The number of hydrogen-bond donors (Lipinski definition) is 1. The van der Waals surface area contributed by atoms with Crippen LogP contribution in [0.5, 0.6) is 0 Å². The quantitative estimate of drug-likeness (QED) is 0.822. The molecule has 0 saturated heterocycles. The molecule has 0 radical (unpaired) electrons. The summed E-state index contributed by atoms with van der Waals surface area (Å²) < 4.78 is 43.7. The first kappa shape index (κ1) is 13.1. The van der Waals surface area contributed by atoms with Gasteiger partial charge in [0.15, 0.2) is 0 Å². The van der Waals surface area contributed by atoms with Gasteiger partial charge in [0.1, 0.15) is 9.84 Å². The molecule has 0 fully saturated rings. The molecule has 0 aliphatic heterocycles. The van der Waals surface area contributed by atoms with Crippen LogP contribution < -0.4 is 5.14 Å². The number of hydrogen-bond acceptors (Lipinski definition) is 4. The van der Waals surface area contributed by atoms with Gasteiger partial charge in [0.05, 0.1) is 10.6 Å². The Kier molecular flexibility index (Phi) is 3.72. The number of sulfonamides is 1. The van der Waals surface area contributed by atoms with Crippen molar-refractivity contribution in [2.45, 2.75) is 11.3 Å². The third kappa shape index (κ3) is 4.30. The minimum atomic E-state index is -3.68. The lowest BCUT2D eigenvalue weighted by atomic mass is 10.2. The summed E-state index contributed by atoms with van der Waals surface area (Å²) in [6.45, 7) is 0. The molecule has 7 heteroatoms. The maximum Gasteiger partial charge on any atom is 0.238 e. The second-order valence-corrected chi connectivity index (χ2v) is 7.39. The topological polar surface area (TPSA) is 94.3 Å². The van der Waals surface area contributed by atoms with E-state index in [-0.39, 0.29) is 10.6 Å². The van der Waals surface area contributed by atoms with Crippen molar-refractivity contribution in [2.24, 2.45) is 5.14 Å². The Labute approximate surface area is 95.3 Å². The van der Waals surface area contributed by atoms with E-state index in [1.807, 2.05) is 0 Å². The lowest BCUT2D eigenvalue weighted by molar-refractivity contribution is 0.596. The van der Waals surface area contributed by atoms with Crippen molar-refractivity contribution in [3.63, 3.8) is 0 Å². The van der Waals surface area contributed by atoms with Crippen LogP contribution in [0.2, 0.25) is 0 Å². The van der Waals surface area contributed by atoms with E-state index in [0.717, 1.165) is 11.8 Å². The molecule has 2 N–H and O–H groups in total. The minimum Gasteiger partial charge on any atom is -0.229 e. The third-order valence-corrected chi connectivity index (χ3v) is 3.89. The lowest BCUT2D eigenvalue weighted by Crippen LogP contribution is -2.12. The predicted octanol–water partition coefficient (Wildman–Crippen LogP) is -0.0789. The summed E-state index contributed by atoms with van der Waals surface area (Å²) in [5.74, 6) is 0.0434. The van der Waals surface area contributed by atoms with Crippen LogP contribution >= 0.6 is 0 Å². The van der Waals surface area contributed by atoms with E-state index in [0.29, 0.717) is 6.42 Å². The highest BCUT2D eigenvalue weighted by Gasteiger charge is 2.07. The van der Waals surface area contributed by atoms with Crippen LogP contribution in [0.25, 0.3) is 0 Å². The number of aryl methyl sites for hydroxylation is 1. The molecule has 90 valence electrons. The first-order valence-corrected chi connectivity index (χ1v) is 8.09. The second-order valence-electron chi connectivity index (χ2n) is 3.57. The molecule has 0 heterocycles. The Balaban J connectivity index is 2.81.